The van der Waals surface area contributed by atoms with Crippen LogP contribution in [0.4, 0.5) is 0 Å². The normalized spacial score (nSPS) is 11.2. The van der Waals surface area contributed by atoms with Crippen molar-refractivity contribution in [2.24, 2.45) is 7.05 Å². The van der Waals surface area contributed by atoms with Crippen LogP contribution in [0, 0.1) is 0 Å². The zero-order chi connectivity index (χ0) is 19.1. The van der Waals surface area contributed by atoms with Crippen molar-refractivity contribution >= 4 is 33.0 Å². The topological polar surface area (TPSA) is 65.7 Å². The van der Waals surface area contributed by atoms with Crippen LogP contribution in [0.15, 0.2) is 53.5 Å². The number of thiazole rings is 1. The first kappa shape index (κ1) is 17.0. The smallest absolute Gasteiger partial charge is 0.244 e. The number of methoxy groups -OCH3 is 1. The minimum atomic E-state index is 0.481. The maximum absolute atomic E-state index is 5.36. The van der Waals surface area contributed by atoms with Gasteiger partial charge in [-0.05, 0) is 11.4 Å². The first-order valence-electron chi connectivity index (χ1n) is 8.57. The van der Waals surface area contributed by atoms with E-state index in [0.717, 1.165) is 38.2 Å². The summed E-state index contributed by atoms with van der Waals surface area (Å²) in [7, 11) is 3.62. The molecule has 4 aromatic heterocycles. The van der Waals surface area contributed by atoms with E-state index in [0.29, 0.717) is 11.4 Å². The van der Waals surface area contributed by atoms with Gasteiger partial charge in [-0.3, -0.25) is 0 Å². The Bertz CT molecular complexity index is 1260. The molecule has 0 amide bonds. The second-order valence-electron chi connectivity index (χ2n) is 6.13. The Morgan fingerprint density at radius 3 is 2.61 bits per heavy atom. The molecule has 5 rings (SSSR count). The van der Waals surface area contributed by atoms with Crippen molar-refractivity contribution in [3.8, 4) is 39.2 Å². The Morgan fingerprint density at radius 1 is 1.00 bits per heavy atom. The lowest BCUT2D eigenvalue weighted by atomic mass is 10.1. The highest BCUT2D eigenvalue weighted by Crippen LogP contribution is 2.39. The Labute approximate surface area is 169 Å². The molecule has 5 aromatic rings. The number of rotatable bonds is 4. The molecule has 0 spiro atoms. The highest BCUT2D eigenvalue weighted by atomic mass is 32.1. The van der Waals surface area contributed by atoms with Crippen molar-refractivity contribution in [2.75, 3.05) is 7.11 Å². The molecule has 28 heavy (non-hydrogen) atoms. The van der Waals surface area contributed by atoms with Crippen LogP contribution < -0.4 is 4.74 Å². The van der Waals surface area contributed by atoms with E-state index in [2.05, 4.69) is 43.5 Å². The van der Waals surface area contributed by atoms with E-state index < -0.39 is 0 Å². The summed E-state index contributed by atoms with van der Waals surface area (Å²) in [5.41, 5.74) is 4.66. The highest BCUT2D eigenvalue weighted by Gasteiger charge is 2.23. The third kappa shape index (κ3) is 2.69. The van der Waals surface area contributed by atoms with Gasteiger partial charge >= 0.3 is 0 Å². The van der Waals surface area contributed by atoms with E-state index in [1.54, 1.807) is 18.4 Å². The predicted octanol–water partition coefficient (Wildman–Crippen LogP) is 4.89. The Morgan fingerprint density at radius 2 is 1.86 bits per heavy atom. The van der Waals surface area contributed by atoms with Crippen LogP contribution in [0.2, 0.25) is 0 Å². The van der Waals surface area contributed by atoms with Crippen molar-refractivity contribution < 1.29 is 4.74 Å². The second-order valence-corrected chi connectivity index (χ2v) is 7.88. The lowest BCUT2D eigenvalue weighted by Gasteiger charge is -2.04. The average molecular weight is 406 g/mol. The third-order valence-electron chi connectivity index (χ3n) is 4.48. The molecule has 0 N–H and O–H groups in total. The summed E-state index contributed by atoms with van der Waals surface area (Å²) in [6.07, 6.45) is 1.50. The average Bonchev–Trinajstić information content (AvgIpc) is 3.46. The molecule has 0 radical (unpaired) electrons. The van der Waals surface area contributed by atoms with Gasteiger partial charge in [0, 0.05) is 23.6 Å². The maximum Gasteiger partial charge on any atom is 0.244 e. The number of hydrogen-bond acceptors (Lipinski definition) is 7. The summed E-state index contributed by atoms with van der Waals surface area (Å²) in [6, 6.07) is 12.3. The van der Waals surface area contributed by atoms with E-state index in [1.807, 2.05) is 25.2 Å². The fourth-order valence-corrected chi connectivity index (χ4v) is 4.79. The van der Waals surface area contributed by atoms with Gasteiger partial charge in [0.05, 0.1) is 12.8 Å². The number of aromatic nitrogens is 5. The van der Waals surface area contributed by atoms with Crippen LogP contribution in [0.5, 0.6) is 5.88 Å². The second kappa shape index (κ2) is 6.81. The Kier molecular flexibility index (Phi) is 4.14. The molecule has 138 valence electrons. The van der Waals surface area contributed by atoms with Gasteiger partial charge in [-0.1, -0.05) is 41.7 Å². The fourth-order valence-electron chi connectivity index (χ4n) is 3.17. The largest absolute Gasteiger partial charge is 0.479 e. The monoisotopic (exact) mass is 405 g/mol. The number of ether oxygens (including phenoxy) is 1. The number of thiophene rings is 1. The molecule has 0 aliphatic carbocycles. The highest BCUT2D eigenvalue weighted by molar-refractivity contribution is 7.21. The molecule has 0 aliphatic rings. The van der Waals surface area contributed by atoms with Crippen LogP contribution in [-0.2, 0) is 7.05 Å². The number of imidazole rings is 1. The Hall–Kier alpha value is -3.10. The lowest BCUT2D eigenvalue weighted by molar-refractivity contribution is 0.402. The van der Waals surface area contributed by atoms with E-state index in [9.17, 15) is 0 Å². The van der Waals surface area contributed by atoms with Crippen molar-refractivity contribution in [3.05, 3.63) is 53.5 Å². The van der Waals surface area contributed by atoms with E-state index in [1.165, 1.54) is 17.7 Å². The van der Waals surface area contributed by atoms with Gasteiger partial charge in [-0.15, -0.1) is 0 Å². The zero-order valence-electron chi connectivity index (χ0n) is 15.2. The summed E-state index contributed by atoms with van der Waals surface area (Å²) in [5, 5.41) is 5.00. The molecule has 0 fully saturated rings. The molecule has 0 aliphatic heterocycles. The minimum absolute atomic E-state index is 0.481. The van der Waals surface area contributed by atoms with Crippen molar-refractivity contribution in [1.82, 2.24) is 24.5 Å². The lowest BCUT2D eigenvalue weighted by Crippen LogP contribution is -1.95. The van der Waals surface area contributed by atoms with E-state index in [4.69, 9.17) is 14.7 Å². The summed E-state index contributed by atoms with van der Waals surface area (Å²) >= 11 is 3.17. The number of fused-ring (bicyclic) bond motifs is 1. The first-order chi connectivity index (χ1) is 13.8. The SMILES string of the molecule is COc1ncnc2sc(-c3c(-c4ccccc4)nc(-c4ccsc4)n3C)nc12. The third-order valence-corrected chi connectivity index (χ3v) is 6.13. The zero-order valence-corrected chi connectivity index (χ0v) is 16.8. The molecule has 0 saturated carbocycles. The number of hydrogen-bond donors (Lipinski definition) is 0. The summed E-state index contributed by atoms with van der Waals surface area (Å²) in [5.74, 6) is 1.39. The first-order valence-corrected chi connectivity index (χ1v) is 10.3. The van der Waals surface area contributed by atoms with Gasteiger partial charge in [0.1, 0.15) is 22.9 Å². The van der Waals surface area contributed by atoms with Crippen molar-refractivity contribution in [1.29, 1.82) is 0 Å². The van der Waals surface area contributed by atoms with Gasteiger partial charge in [-0.25, -0.2) is 15.0 Å². The molecule has 1 aromatic carbocycles. The van der Waals surface area contributed by atoms with E-state index >= 15 is 0 Å². The van der Waals surface area contributed by atoms with Gasteiger partial charge in [0.2, 0.25) is 5.88 Å². The molecule has 0 unspecified atom stereocenters. The molecule has 6 nitrogen and oxygen atoms in total. The maximum atomic E-state index is 5.36. The van der Waals surface area contributed by atoms with Crippen LogP contribution in [0.3, 0.4) is 0 Å². The molecule has 0 atom stereocenters. The van der Waals surface area contributed by atoms with Gasteiger partial charge in [-0.2, -0.15) is 16.3 Å². The van der Waals surface area contributed by atoms with Crippen molar-refractivity contribution in [3.63, 3.8) is 0 Å². The van der Waals surface area contributed by atoms with Crippen LogP contribution in [0.25, 0.3) is 43.7 Å². The van der Waals surface area contributed by atoms with Crippen molar-refractivity contribution in [2.45, 2.75) is 0 Å². The Balaban J connectivity index is 1.79. The van der Waals surface area contributed by atoms with E-state index in [-0.39, 0.29) is 0 Å². The molecule has 8 heteroatoms. The quantitative estimate of drug-likeness (QED) is 0.426. The summed E-state index contributed by atoms with van der Waals surface area (Å²) in [4.78, 5) is 19.1. The molecule has 0 saturated heterocycles. The predicted molar refractivity (Wildman–Crippen MR) is 113 cm³/mol. The van der Waals surface area contributed by atoms with Crippen LogP contribution in [-0.4, -0.2) is 31.6 Å². The summed E-state index contributed by atoms with van der Waals surface area (Å²) < 4.78 is 7.46. The number of nitrogens with zero attached hydrogens (tertiary/aromatic N) is 5. The minimum Gasteiger partial charge on any atom is -0.479 e. The molecule has 0 bridgehead atoms. The molecule has 4 heterocycles. The van der Waals surface area contributed by atoms with Gasteiger partial charge in [0.15, 0.2) is 10.3 Å². The number of benzene rings is 1. The molecular formula is C20H15N5OS2. The standard InChI is InChI=1S/C20H15N5OS2/c1-25-16(20-24-15-18(26-2)21-11-22-19(15)28-20)14(12-6-4-3-5-7-12)23-17(25)13-8-9-27-10-13/h3-11H,1-2H3. The van der Waals surface area contributed by atoms with Gasteiger partial charge < -0.3 is 9.30 Å². The van der Waals surface area contributed by atoms with Crippen LogP contribution >= 0.6 is 22.7 Å². The summed E-state index contributed by atoms with van der Waals surface area (Å²) in [6.45, 7) is 0. The fraction of sp³-hybridized carbons (Fsp3) is 0.100. The molecular weight excluding hydrogens is 390 g/mol. The van der Waals surface area contributed by atoms with Crippen LogP contribution in [0.1, 0.15) is 0 Å². The van der Waals surface area contributed by atoms with Gasteiger partial charge in [0.25, 0.3) is 0 Å².